The highest BCUT2D eigenvalue weighted by molar-refractivity contribution is 7.89. The van der Waals surface area contributed by atoms with E-state index in [0.717, 1.165) is 5.56 Å². The summed E-state index contributed by atoms with van der Waals surface area (Å²) in [4.78, 5) is 12.3. The molecular formula is C17H26N2O4S. The van der Waals surface area contributed by atoms with Crippen LogP contribution in [0, 0.1) is 12.8 Å². The topological polar surface area (TPSA) is 75.7 Å². The average molecular weight is 354 g/mol. The minimum atomic E-state index is -3.62. The lowest BCUT2D eigenvalue weighted by molar-refractivity contribution is -0.126. The largest absolute Gasteiger partial charge is 0.495 e. The number of carbonyl (C=O) groups excluding carboxylic acids is 1. The quantitative estimate of drug-likeness (QED) is 0.877. The molecule has 1 aromatic rings. The molecule has 0 radical (unpaired) electrons. The molecule has 134 valence electrons. The number of aryl methyl sites for hydroxylation is 1. The van der Waals surface area contributed by atoms with Crippen molar-refractivity contribution in [3.05, 3.63) is 23.8 Å². The summed E-state index contributed by atoms with van der Waals surface area (Å²) in [6, 6.07) is 5.22. The average Bonchev–Trinajstić information content (AvgIpc) is 2.54. The van der Waals surface area contributed by atoms with E-state index >= 15 is 0 Å². The molecule has 1 N–H and O–H groups in total. The molecule has 7 heteroatoms. The van der Waals surface area contributed by atoms with Crippen molar-refractivity contribution in [2.75, 3.05) is 20.2 Å². The predicted octanol–water partition coefficient (Wildman–Crippen LogP) is 1.93. The number of nitrogens with zero attached hydrogens (tertiary/aromatic N) is 1. The highest BCUT2D eigenvalue weighted by Crippen LogP contribution is 2.30. The van der Waals surface area contributed by atoms with E-state index in [2.05, 4.69) is 5.32 Å². The Bertz CT molecular complexity index is 693. The van der Waals surface area contributed by atoms with Gasteiger partial charge < -0.3 is 10.1 Å². The lowest BCUT2D eigenvalue weighted by Gasteiger charge is -2.31. The van der Waals surface area contributed by atoms with Crippen LogP contribution in [-0.2, 0) is 14.8 Å². The van der Waals surface area contributed by atoms with Gasteiger partial charge in [0.25, 0.3) is 0 Å². The molecule has 1 aromatic carbocycles. The maximum Gasteiger partial charge on any atom is 0.246 e. The number of sulfonamides is 1. The van der Waals surface area contributed by atoms with Crippen LogP contribution in [0.2, 0.25) is 0 Å². The van der Waals surface area contributed by atoms with Crippen molar-refractivity contribution in [2.24, 2.45) is 5.92 Å². The number of nitrogens with one attached hydrogen (secondary N) is 1. The number of hydrogen-bond acceptors (Lipinski definition) is 4. The van der Waals surface area contributed by atoms with Crippen molar-refractivity contribution < 1.29 is 17.9 Å². The van der Waals surface area contributed by atoms with Crippen LogP contribution in [0.3, 0.4) is 0 Å². The number of benzene rings is 1. The van der Waals surface area contributed by atoms with Gasteiger partial charge in [0.05, 0.1) is 7.11 Å². The summed E-state index contributed by atoms with van der Waals surface area (Å²) in [5.41, 5.74) is 0.862. The second kappa shape index (κ2) is 7.53. The van der Waals surface area contributed by atoms with Gasteiger partial charge in [-0.15, -0.1) is 0 Å². The maximum atomic E-state index is 12.9. The van der Waals surface area contributed by atoms with Crippen LogP contribution < -0.4 is 10.1 Å². The molecule has 1 aliphatic rings. The Labute approximate surface area is 144 Å². The first-order valence-corrected chi connectivity index (χ1v) is 9.65. The van der Waals surface area contributed by atoms with Gasteiger partial charge in [-0.3, -0.25) is 4.79 Å². The van der Waals surface area contributed by atoms with Crippen molar-refractivity contribution in [3.8, 4) is 5.75 Å². The van der Waals surface area contributed by atoms with Crippen LogP contribution in [0.1, 0.15) is 32.3 Å². The molecular weight excluding hydrogens is 328 g/mol. The van der Waals surface area contributed by atoms with Gasteiger partial charge in [0.2, 0.25) is 15.9 Å². The molecule has 0 atom stereocenters. The molecule has 2 rings (SSSR count). The lowest BCUT2D eigenvalue weighted by atomic mass is 9.97. The van der Waals surface area contributed by atoms with Crippen molar-refractivity contribution in [1.29, 1.82) is 0 Å². The Morgan fingerprint density at radius 1 is 1.29 bits per heavy atom. The summed E-state index contributed by atoms with van der Waals surface area (Å²) in [6.07, 6.45) is 1.07. The Morgan fingerprint density at radius 2 is 1.92 bits per heavy atom. The highest BCUT2D eigenvalue weighted by Gasteiger charge is 2.33. The number of ether oxygens (including phenoxy) is 1. The van der Waals surface area contributed by atoms with Crippen LogP contribution in [-0.4, -0.2) is 44.9 Å². The fraction of sp³-hybridized carbons (Fsp3) is 0.588. The van der Waals surface area contributed by atoms with E-state index < -0.39 is 10.0 Å². The minimum absolute atomic E-state index is 0.00943. The number of amides is 1. The van der Waals surface area contributed by atoms with E-state index in [9.17, 15) is 13.2 Å². The normalized spacial score (nSPS) is 17.0. The first-order chi connectivity index (χ1) is 11.3. The van der Waals surface area contributed by atoms with E-state index in [1.807, 2.05) is 26.8 Å². The molecule has 1 fully saturated rings. The second-order valence-electron chi connectivity index (χ2n) is 6.50. The number of hydrogen-bond donors (Lipinski definition) is 1. The third kappa shape index (κ3) is 4.08. The van der Waals surface area contributed by atoms with Gasteiger partial charge in [0.15, 0.2) is 0 Å². The van der Waals surface area contributed by atoms with E-state index in [1.165, 1.54) is 11.4 Å². The highest BCUT2D eigenvalue weighted by atomic mass is 32.2. The predicted molar refractivity (Wildman–Crippen MR) is 92.5 cm³/mol. The van der Waals surface area contributed by atoms with E-state index in [4.69, 9.17) is 4.74 Å². The third-order valence-electron chi connectivity index (χ3n) is 4.19. The van der Waals surface area contributed by atoms with Gasteiger partial charge in [-0.05, 0) is 51.3 Å². The molecule has 0 unspecified atom stereocenters. The SMILES string of the molecule is COc1ccc(C)cc1S(=O)(=O)N1CCC(C(=O)NC(C)C)CC1. The molecule has 1 heterocycles. The van der Waals surface area contributed by atoms with E-state index in [0.29, 0.717) is 31.7 Å². The van der Waals surface area contributed by atoms with Gasteiger partial charge in [-0.2, -0.15) is 4.31 Å². The fourth-order valence-corrected chi connectivity index (χ4v) is 4.60. The molecule has 0 aromatic heterocycles. The zero-order valence-corrected chi connectivity index (χ0v) is 15.5. The minimum Gasteiger partial charge on any atom is -0.495 e. The number of rotatable bonds is 5. The molecule has 0 spiro atoms. The molecule has 0 aliphatic carbocycles. The van der Waals surface area contributed by atoms with Crippen molar-refractivity contribution in [1.82, 2.24) is 9.62 Å². The first-order valence-electron chi connectivity index (χ1n) is 8.21. The third-order valence-corrected chi connectivity index (χ3v) is 6.11. The second-order valence-corrected chi connectivity index (χ2v) is 8.40. The molecule has 1 amide bonds. The summed E-state index contributed by atoms with van der Waals surface area (Å²) in [6.45, 7) is 6.37. The Hall–Kier alpha value is -1.60. The summed E-state index contributed by atoms with van der Waals surface area (Å²) in [7, 11) is -2.16. The zero-order chi connectivity index (χ0) is 17.9. The van der Waals surface area contributed by atoms with Gasteiger partial charge >= 0.3 is 0 Å². The number of piperidine rings is 1. The Kier molecular flexibility index (Phi) is 5.87. The molecule has 6 nitrogen and oxygen atoms in total. The Morgan fingerprint density at radius 3 is 2.46 bits per heavy atom. The van der Waals surface area contributed by atoms with Gasteiger partial charge in [-0.25, -0.2) is 8.42 Å². The standard InChI is InChI=1S/C17H26N2O4S/c1-12(2)18-17(20)14-7-9-19(10-8-14)24(21,22)16-11-13(3)5-6-15(16)23-4/h5-6,11-12,14H,7-10H2,1-4H3,(H,18,20). The molecule has 1 aliphatic heterocycles. The summed E-state index contributed by atoms with van der Waals surface area (Å²) < 4.78 is 32.5. The number of carbonyl (C=O) groups is 1. The van der Waals surface area contributed by atoms with Crippen LogP contribution in [0.5, 0.6) is 5.75 Å². The van der Waals surface area contributed by atoms with Crippen LogP contribution in [0.4, 0.5) is 0 Å². The summed E-state index contributed by atoms with van der Waals surface area (Å²) >= 11 is 0. The molecule has 24 heavy (non-hydrogen) atoms. The van der Waals surface area contributed by atoms with E-state index in [1.54, 1.807) is 12.1 Å². The van der Waals surface area contributed by atoms with Gasteiger partial charge in [0.1, 0.15) is 10.6 Å². The molecule has 0 bridgehead atoms. The first kappa shape index (κ1) is 18.7. The van der Waals surface area contributed by atoms with Crippen molar-refractivity contribution >= 4 is 15.9 Å². The molecule has 0 saturated carbocycles. The lowest BCUT2D eigenvalue weighted by Crippen LogP contribution is -2.44. The van der Waals surface area contributed by atoms with Gasteiger partial charge in [-0.1, -0.05) is 6.07 Å². The zero-order valence-electron chi connectivity index (χ0n) is 14.7. The van der Waals surface area contributed by atoms with Crippen LogP contribution in [0.15, 0.2) is 23.1 Å². The Balaban J connectivity index is 2.13. The summed E-state index contributed by atoms with van der Waals surface area (Å²) in [5.74, 6) is 0.230. The van der Waals surface area contributed by atoms with Crippen molar-refractivity contribution in [2.45, 2.75) is 44.6 Å². The molecule has 1 saturated heterocycles. The monoisotopic (exact) mass is 354 g/mol. The smallest absolute Gasteiger partial charge is 0.246 e. The van der Waals surface area contributed by atoms with Crippen molar-refractivity contribution in [3.63, 3.8) is 0 Å². The van der Waals surface area contributed by atoms with Crippen LogP contribution >= 0.6 is 0 Å². The number of methoxy groups -OCH3 is 1. The van der Waals surface area contributed by atoms with Gasteiger partial charge in [0, 0.05) is 25.0 Å². The summed E-state index contributed by atoms with van der Waals surface area (Å²) in [5, 5.41) is 2.90. The maximum absolute atomic E-state index is 12.9. The van der Waals surface area contributed by atoms with E-state index in [-0.39, 0.29) is 22.8 Å². The fourth-order valence-electron chi connectivity index (χ4n) is 2.89. The van der Waals surface area contributed by atoms with Crippen LogP contribution in [0.25, 0.3) is 0 Å².